The van der Waals surface area contributed by atoms with Gasteiger partial charge in [0.25, 0.3) is 5.91 Å². The number of nitrogens with zero attached hydrogens (tertiary/aromatic N) is 3. The van der Waals surface area contributed by atoms with Crippen molar-refractivity contribution >= 4 is 11.9 Å². The van der Waals surface area contributed by atoms with Gasteiger partial charge >= 0.3 is 5.97 Å². The van der Waals surface area contributed by atoms with Crippen LogP contribution in [0.25, 0.3) is 0 Å². The third kappa shape index (κ3) is 3.77. The Bertz CT molecular complexity index is 622. The van der Waals surface area contributed by atoms with Gasteiger partial charge in [-0.05, 0) is 25.7 Å². The van der Waals surface area contributed by atoms with E-state index < -0.39 is 0 Å². The van der Waals surface area contributed by atoms with Gasteiger partial charge in [-0.3, -0.25) is 19.2 Å². The second-order valence-corrected chi connectivity index (χ2v) is 6.61. The number of rotatable bonds is 7. The van der Waals surface area contributed by atoms with Gasteiger partial charge in [-0.2, -0.15) is 5.10 Å². The summed E-state index contributed by atoms with van der Waals surface area (Å²) in [5.74, 6) is 0.417. The highest BCUT2D eigenvalue weighted by molar-refractivity contribution is 5.94. The molecule has 2 heterocycles. The Morgan fingerprint density at radius 3 is 2.83 bits per heavy atom. The second kappa shape index (κ2) is 7.34. The maximum atomic E-state index is 12.4. The van der Waals surface area contributed by atoms with Crippen molar-refractivity contribution in [3.05, 3.63) is 17.0 Å². The summed E-state index contributed by atoms with van der Waals surface area (Å²) in [6.07, 6.45) is 3.76. The number of carbonyl (C=O) groups excluding carboxylic acids is 2. The number of methoxy groups -OCH3 is 1. The van der Waals surface area contributed by atoms with Crippen LogP contribution in [0.3, 0.4) is 0 Å². The Morgan fingerprint density at radius 1 is 1.38 bits per heavy atom. The Hall–Kier alpha value is -1.89. The second-order valence-electron chi connectivity index (χ2n) is 6.61. The molecule has 24 heavy (non-hydrogen) atoms. The molecule has 7 heteroatoms. The maximum absolute atomic E-state index is 12.4. The first-order valence-electron chi connectivity index (χ1n) is 8.78. The number of ether oxygens (including phenoxy) is 1. The molecule has 0 aromatic carbocycles. The minimum Gasteiger partial charge on any atom is -0.469 e. The molecular formula is C17H26N4O3. The Labute approximate surface area is 142 Å². The van der Waals surface area contributed by atoms with Crippen LogP contribution in [-0.4, -0.2) is 53.3 Å². The molecule has 0 bridgehead atoms. The van der Waals surface area contributed by atoms with Crippen LogP contribution >= 0.6 is 0 Å². The fraction of sp³-hybridized carbons (Fsp3) is 0.706. The van der Waals surface area contributed by atoms with Crippen LogP contribution in [0.15, 0.2) is 0 Å². The summed E-state index contributed by atoms with van der Waals surface area (Å²) in [6.45, 7) is 5.63. The highest BCUT2D eigenvalue weighted by atomic mass is 16.5. The number of hydrogen-bond donors (Lipinski definition) is 1. The molecular weight excluding hydrogens is 308 g/mol. The fourth-order valence-corrected chi connectivity index (χ4v) is 3.21. The van der Waals surface area contributed by atoms with Crippen LogP contribution in [0.5, 0.6) is 0 Å². The molecule has 3 rings (SSSR count). The number of carbonyl (C=O) groups is 2. The van der Waals surface area contributed by atoms with E-state index in [1.807, 2.05) is 6.92 Å². The smallest absolute Gasteiger partial charge is 0.306 e. The number of fused-ring (bicyclic) bond motifs is 1. The lowest BCUT2D eigenvalue weighted by atomic mass is 10.0. The summed E-state index contributed by atoms with van der Waals surface area (Å²) < 4.78 is 6.76. The summed E-state index contributed by atoms with van der Waals surface area (Å²) in [5.41, 5.74) is 2.77. The molecule has 0 spiro atoms. The van der Waals surface area contributed by atoms with Crippen LogP contribution in [-0.2, 0) is 29.0 Å². The first-order chi connectivity index (χ1) is 11.6. The maximum Gasteiger partial charge on any atom is 0.306 e. The molecule has 0 radical (unpaired) electrons. The van der Waals surface area contributed by atoms with Crippen molar-refractivity contribution < 1.29 is 14.3 Å². The summed E-state index contributed by atoms with van der Waals surface area (Å²) in [5, 5.41) is 7.48. The van der Waals surface area contributed by atoms with Gasteiger partial charge in [0, 0.05) is 50.4 Å². The van der Waals surface area contributed by atoms with Crippen molar-refractivity contribution in [3.8, 4) is 0 Å². The molecule has 1 aromatic heterocycles. The Kier molecular flexibility index (Phi) is 5.18. The SMILES string of the molecule is CCNC(=O)c1nn(CC2CC2)c2c1CN(CCC(=O)OC)CC2. The third-order valence-corrected chi connectivity index (χ3v) is 4.75. The number of nitrogens with one attached hydrogen (secondary N) is 1. The van der Waals surface area contributed by atoms with Gasteiger partial charge in [-0.1, -0.05) is 0 Å². The average Bonchev–Trinajstić information content (AvgIpc) is 3.33. The highest BCUT2D eigenvalue weighted by Gasteiger charge is 2.30. The lowest BCUT2D eigenvalue weighted by Crippen LogP contribution is -2.34. The van der Waals surface area contributed by atoms with Gasteiger partial charge in [-0.25, -0.2) is 0 Å². The zero-order valence-electron chi connectivity index (χ0n) is 14.5. The van der Waals surface area contributed by atoms with Crippen LogP contribution in [0.1, 0.15) is 47.9 Å². The van der Waals surface area contributed by atoms with E-state index >= 15 is 0 Å². The van der Waals surface area contributed by atoms with E-state index in [4.69, 9.17) is 4.74 Å². The zero-order chi connectivity index (χ0) is 17.1. The molecule has 1 saturated carbocycles. The van der Waals surface area contributed by atoms with Crippen LogP contribution in [0.2, 0.25) is 0 Å². The molecule has 1 amide bonds. The van der Waals surface area contributed by atoms with Gasteiger partial charge in [0.05, 0.1) is 13.5 Å². The van der Waals surface area contributed by atoms with E-state index in [1.165, 1.54) is 25.6 Å². The highest BCUT2D eigenvalue weighted by Crippen LogP contribution is 2.32. The zero-order valence-corrected chi connectivity index (χ0v) is 14.5. The standard InChI is InChI=1S/C17H26N4O3/c1-3-18-17(23)16-13-11-20(9-7-15(22)24-2)8-6-14(13)21(19-16)10-12-4-5-12/h12H,3-11H2,1-2H3,(H,18,23). The molecule has 1 aromatic rings. The molecule has 1 N–H and O–H groups in total. The largest absolute Gasteiger partial charge is 0.469 e. The van der Waals surface area contributed by atoms with Gasteiger partial charge in [0.15, 0.2) is 5.69 Å². The molecule has 1 aliphatic carbocycles. The van der Waals surface area contributed by atoms with Crippen LogP contribution in [0, 0.1) is 5.92 Å². The van der Waals surface area contributed by atoms with Crippen molar-refractivity contribution in [2.75, 3.05) is 26.7 Å². The van der Waals surface area contributed by atoms with E-state index in [-0.39, 0.29) is 11.9 Å². The number of amides is 1. The topological polar surface area (TPSA) is 76.5 Å². The van der Waals surface area contributed by atoms with Crippen LogP contribution in [0.4, 0.5) is 0 Å². The van der Waals surface area contributed by atoms with Crippen molar-refractivity contribution in [3.63, 3.8) is 0 Å². The van der Waals surface area contributed by atoms with Crippen molar-refractivity contribution in [2.24, 2.45) is 5.92 Å². The van der Waals surface area contributed by atoms with Gasteiger partial charge in [-0.15, -0.1) is 0 Å². The fourth-order valence-electron chi connectivity index (χ4n) is 3.21. The van der Waals surface area contributed by atoms with E-state index in [1.54, 1.807) is 0 Å². The van der Waals surface area contributed by atoms with Gasteiger partial charge < -0.3 is 10.1 Å². The molecule has 132 valence electrons. The van der Waals surface area contributed by atoms with E-state index in [2.05, 4.69) is 20.0 Å². The van der Waals surface area contributed by atoms with Crippen molar-refractivity contribution in [1.82, 2.24) is 20.0 Å². The van der Waals surface area contributed by atoms with Gasteiger partial charge in [0.1, 0.15) is 0 Å². The van der Waals surface area contributed by atoms with E-state index in [0.29, 0.717) is 37.7 Å². The first kappa shape index (κ1) is 17.0. The Balaban J connectivity index is 1.77. The monoisotopic (exact) mass is 334 g/mol. The predicted octanol–water partition coefficient (Wildman–Crippen LogP) is 0.964. The molecule has 1 fully saturated rings. The van der Waals surface area contributed by atoms with Crippen molar-refractivity contribution in [1.29, 1.82) is 0 Å². The number of aromatic nitrogens is 2. The normalized spacial score (nSPS) is 17.4. The molecule has 7 nitrogen and oxygen atoms in total. The minimum atomic E-state index is -0.200. The summed E-state index contributed by atoms with van der Waals surface area (Å²) in [6, 6.07) is 0. The quantitative estimate of drug-likeness (QED) is 0.752. The van der Waals surface area contributed by atoms with E-state index in [9.17, 15) is 9.59 Å². The molecule has 2 aliphatic rings. The average molecular weight is 334 g/mol. The predicted molar refractivity (Wildman–Crippen MR) is 88.6 cm³/mol. The Morgan fingerprint density at radius 2 is 2.17 bits per heavy atom. The molecule has 0 unspecified atom stereocenters. The van der Waals surface area contributed by atoms with Crippen molar-refractivity contribution in [2.45, 2.75) is 45.7 Å². The molecule has 0 atom stereocenters. The molecule has 0 saturated heterocycles. The summed E-state index contributed by atoms with van der Waals surface area (Å²) >= 11 is 0. The van der Waals surface area contributed by atoms with Gasteiger partial charge in [0.2, 0.25) is 0 Å². The first-order valence-corrected chi connectivity index (χ1v) is 8.78. The third-order valence-electron chi connectivity index (χ3n) is 4.75. The summed E-state index contributed by atoms with van der Waals surface area (Å²) in [7, 11) is 1.41. The number of hydrogen-bond acceptors (Lipinski definition) is 5. The van der Waals surface area contributed by atoms with Crippen LogP contribution < -0.4 is 5.32 Å². The minimum absolute atomic E-state index is 0.0990. The summed E-state index contributed by atoms with van der Waals surface area (Å²) in [4.78, 5) is 25.9. The molecule has 1 aliphatic heterocycles. The van der Waals surface area contributed by atoms with E-state index in [0.717, 1.165) is 25.1 Å². The lowest BCUT2D eigenvalue weighted by Gasteiger charge is -2.27. The lowest BCUT2D eigenvalue weighted by molar-refractivity contribution is -0.141. The number of esters is 1.